The normalized spacial score (nSPS) is 12.6. The highest BCUT2D eigenvalue weighted by atomic mass is 35.5. The Bertz CT molecular complexity index is 306. The summed E-state index contributed by atoms with van der Waals surface area (Å²) in [4.78, 5) is -0.257. The van der Waals surface area contributed by atoms with Crippen molar-refractivity contribution >= 4 is 23.2 Å². The van der Waals surface area contributed by atoms with Crippen LogP contribution in [0.4, 0.5) is 0 Å². The SMILES string of the molecule is C=CCCCC(Cc1ccccc1)CC(Cl)Cl. The largest absolute Gasteiger partial charge is 0.108 e. The Hall–Kier alpha value is -0.460. The molecule has 1 aromatic carbocycles. The summed E-state index contributed by atoms with van der Waals surface area (Å²) in [6, 6.07) is 10.5. The minimum Gasteiger partial charge on any atom is -0.105 e. The minimum absolute atomic E-state index is 0.257. The molecule has 1 rings (SSSR count). The predicted molar refractivity (Wildman–Crippen MR) is 77.8 cm³/mol. The number of alkyl halides is 2. The monoisotopic (exact) mass is 270 g/mol. The van der Waals surface area contributed by atoms with E-state index in [4.69, 9.17) is 23.2 Å². The third-order valence-electron chi connectivity index (χ3n) is 2.90. The number of allylic oxidation sites excluding steroid dienone is 1. The molecule has 1 atom stereocenters. The van der Waals surface area contributed by atoms with Gasteiger partial charge in [-0.05, 0) is 43.6 Å². The fourth-order valence-corrected chi connectivity index (χ4v) is 2.56. The van der Waals surface area contributed by atoms with E-state index in [1.165, 1.54) is 12.0 Å². The Kier molecular flexibility index (Phi) is 7.39. The van der Waals surface area contributed by atoms with Gasteiger partial charge in [-0.15, -0.1) is 29.8 Å². The third kappa shape index (κ3) is 6.75. The van der Waals surface area contributed by atoms with Gasteiger partial charge in [-0.1, -0.05) is 36.4 Å². The molecular formula is C15H20Cl2. The van der Waals surface area contributed by atoms with E-state index in [1.54, 1.807) is 0 Å². The van der Waals surface area contributed by atoms with Crippen LogP contribution >= 0.6 is 23.2 Å². The van der Waals surface area contributed by atoms with Crippen molar-refractivity contribution in [3.05, 3.63) is 48.6 Å². The zero-order chi connectivity index (χ0) is 12.5. The molecule has 0 heterocycles. The van der Waals surface area contributed by atoms with E-state index in [2.05, 4.69) is 30.8 Å². The summed E-state index contributed by atoms with van der Waals surface area (Å²) in [6.07, 6.45) is 7.31. The summed E-state index contributed by atoms with van der Waals surface area (Å²) in [7, 11) is 0. The zero-order valence-corrected chi connectivity index (χ0v) is 11.6. The number of hydrogen-bond donors (Lipinski definition) is 0. The maximum Gasteiger partial charge on any atom is 0.108 e. The van der Waals surface area contributed by atoms with Gasteiger partial charge in [0.25, 0.3) is 0 Å². The van der Waals surface area contributed by atoms with Crippen LogP contribution in [0.15, 0.2) is 43.0 Å². The molecule has 0 saturated carbocycles. The molecule has 1 unspecified atom stereocenters. The van der Waals surface area contributed by atoms with Crippen LogP contribution in [0.5, 0.6) is 0 Å². The Labute approximate surface area is 115 Å². The standard InChI is InChI=1S/C15H20Cl2/c1-2-3-5-10-14(12-15(16)17)11-13-8-6-4-7-9-13/h2,4,6-9,14-15H,1,3,5,10-12H2. The van der Waals surface area contributed by atoms with Gasteiger partial charge in [0.1, 0.15) is 4.84 Å². The summed E-state index contributed by atoms with van der Waals surface area (Å²) < 4.78 is 0. The molecule has 0 nitrogen and oxygen atoms in total. The molecule has 0 spiro atoms. The van der Waals surface area contributed by atoms with Gasteiger partial charge in [0, 0.05) is 0 Å². The summed E-state index contributed by atoms with van der Waals surface area (Å²) in [5.41, 5.74) is 1.37. The van der Waals surface area contributed by atoms with E-state index in [9.17, 15) is 0 Å². The van der Waals surface area contributed by atoms with Crippen LogP contribution in [0, 0.1) is 5.92 Å². The molecule has 17 heavy (non-hydrogen) atoms. The number of unbranched alkanes of at least 4 members (excludes halogenated alkanes) is 1. The molecule has 0 N–H and O–H groups in total. The van der Waals surface area contributed by atoms with Gasteiger partial charge < -0.3 is 0 Å². The van der Waals surface area contributed by atoms with E-state index >= 15 is 0 Å². The van der Waals surface area contributed by atoms with Crippen molar-refractivity contribution < 1.29 is 0 Å². The molecule has 0 aromatic heterocycles. The van der Waals surface area contributed by atoms with Crippen LogP contribution in [-0.4, -0.2) is 4.84 Å². The molecule has 2 heteroatoms. The predicted octanol–water partition coefficient (Wildman–Crippen LogP) is 5.40. The van der Waals surface area contributed by atoms with Crippen LogP contribution < -0.4 is 0 Å². The zero-order valence-electron chi connectivity index (χ0n) is 10.1. The van der Waals surface area contributed by atoms with Gasteiger partial charge in [-0.25, -0.2) is 0 Å². The molecule has 1 aromatic rings. The molecule has 0 aliphatic carbocycles. The molecule has 0 saturated heterocycles. The fourth-order valence-electron chi connectivity index (χ4n) is 2.05. The van der Waals surface area contributed by atoms with Crippen LogP contribution in [0.25, 0.3) is 0 Å². The fraction of sp³-hybridized carbons (Fsp3) is 0.467. The molecule has 0 aliphatic heterocycles. The number of rotatable bonds is 8. The van der Waals surface area contributed by atoms with E-state index in [0.29, 0.717) is 5.92 Å². The molecule has 94 valence electrons. The first-order chi connectivity index (χ1) is 8.22. The van der Waals surface area contributed by atoms with E-state index < -0.39 is 0 Å². The molecule has 0 radical (unpaired) electrons. The second kappa shape index (κ2) is 8.60. The van der Waals surface area contributed by atoms with Crippen molar-refractivity contribution in [2.45, 2.75) is 36.9 Å². The highest BCUT2D eigenvalue weighted by Crippen LogP contribution is 2.24. The van der Waals surface area contributed by atoms with E-state index in [-0.39, 0.29) is 4.84 Å². The van der Waals surface area contributed by atoms with Crippen molar-refractivity contribution in [3.63, 3.8) is 0 Å². The summed E-state index contributed by atoms with van der Waals surface area (Å²) in [5, 5.41) is 0. The quantitative estimate of drug-likeness (QED) is 0.337. The number of halogens is 2. The Morgan fingerprint density at radius 3 is 2.47 bits per heavy atom. The van der Waals surface area contributed by atoms with Crippen LogP contribution in [0.3, 0.4) is 0 Å². The highest BCUT2D eigenvalue weighted by Gasteiger charge is 2.13. The third-order valence-corrected chi connectivity index (χ3v) is 3.26. The maximum absolute atomic E-state index is 5.90. The van der Waals surface area contributed by atoms with Gasteiger partial charge >= 0.3 is 0 Å². The first-order valence-corrected chi connectivity index (χ1v) is 7.02. The van der Waals surface area contributed by atoms with Crippen LogP contribution in [0.2, 0.25) is 0 Å². The van der Waals surface area contributed by atoms with Crippen LogP contribution in [-0.2, 0) is 6.42 Å². The second-order valence-corrected chi connectivity index (χ2v) is 5.68. The number of hydrogen-bond acceptors (Lipinski definition) is 0. The molecule has 0 bridgehead atoms. The lowest BCUT2D eigenvalue weighted by Crippen LogP contribution is -2.08. The summed E-state index contributed by atoms with van der Waals surface area (Å²) in [6.45, 7) is 3.75. The van der Waals surface area contributed by atoms with Crippen molar-refractivity contribution in [2.75, 3.05) is 0 Å². The first kappa shape index (κ1) is 14.6. The number of benzene rings is 1. The Morgan fingerprint density at radius 2 is 1.88 bits per heavy atom. The summed E-state index contributed by atoms with van der Waals surface area (Å²) in [5.74, 6) is 0.567. The highest BCUT2D eigenvalue weighted by molar-refractivity contribution is 6.44. The Morgan fingerprint density at radius 1 is 1.18 bits per heavy atom. The lowest BCUT2D eigenvalue weighted by Gasteiger charge is -2.17. The van der Waals surface area contributed by atoms with E-state index in [1.807, 2.05) is 12.1 Å². The van der Waals surface area contributed by atoms with Gasteiger partial charge in [0.05, 0.1) is 0 Å². The molecular weight excluding hydrogens is 251 g/mol. The van der Waals surface area contributed by atoms with Gasteiger partial charge in [0.2, 0.25) is 0 Å². The van der Waals surface area contributed by atoms with Crippen molar-refractivity contribution in [2.24, 2.45) is 5.92 Å². The average molecular weight is 271 g/mol. The lowest BCUT2D eigenvalue weighted by molar-refractivity contribution is 0.449. The maximum atomic E-state index is 5.90. The van der Waals surface area contributed by atoms with Gasteiger partial charge in [0.15, 0.2) is 0 Å². The second-order valence-electron chi connectivity index (χ2n) is 4.40. The van der Waals surface area contributed by atoms with Crippen LogP contribution in [0.1, 0.15) is 31.2 Å². The average Bonchev–Trinajstić information content (AvgIpc) is 2.30. The topological polar surface area (TPSA) is 0 Å². The lowest BCUT2D eigenvalue weighted by atomic mass is 9.92. The molecule has 0 amide bonds. The van der Waals surface area contributed by atoms with Gasteiger partial charge in [-0.2, -0.15) is 0 Å². The summed E-state index contributed by atoms with van der Waals surface area (Å²) >= 11 is 11.8. The van der Waals surface area contributed by atoms with E-state index in [0.717, 1.165) is 25.7 Å². The molecule has 0 fully saturated rings. The van der Waals surface area contributed by atoms with Gasteiger partial charge in [-0.3, -0.25) is 0 Å². The van der Waals surface area contributed by atoms with Crippen molar-refractivity contribution in [3.8, 4) is 0 Å². The van der Waals surface area contributed by atoms with Crippen molar-refractivity contribution in [1.29, 1.82) is 0 Å². The van der Waals surface area contributed by atoms with Crippen molar-refractivity contribution in [1.82, 2.24) is 0 Å². The smallest absolute Gasteiger partial charge is 0.105 e. The Balaban J connectivity index is 2.47. The first-order valence-electron chi connectivity index (χ1n) is 6.15. The minimum atomic E-state index is -0.257. The molecule has 0 aliphatic rings.